The summed E-state index contributed by atoms with van der Waals surface area (Å²) in [5.74, 6) is 0.581. The zero-order valence-electron chi connectivity index (χ0n) is 18.8. The van der Waals surface area contributed by atoms with Crippen LogP contribution in [0.3, 0.4) is 0 Å². The number of hydrogen-bond acceptors (Lipinski definition) is 5. The molecule has 172 valence electrons. The first-order chi connectivity index (χ1) is 16.1. The average Bonchev–Trinajstić information content (AvgIpc) is 3.57. The first kappa shape index (κ1) is 22.5. The van der Waals surface area contributed by atoms with Crippen LogP contribution in [0.2, 0.25) is 0 Å². The molecule has 0 aliphatic heterocycles. The first-order valence-electron chi connectivity index (χ1n) is 11.1. The maximum Gasteiger partial charge on any atom is 0.295 e. The van der Waals surface area contributed by atoms with Gasteiger partial charge in [-0.1, -0.05) is 37.1 Å². The molecule has 1 atom stereocenters. The zero-order chi connectivity index (χ0) is 23.2. The minimum Gasteiger partial charge on any atom is -0.497 e. The van der Waals surface area contributed by atoms with Crippen molar-refractivity contribution < 1.29 is 23.5 Å². The van der Waals surface area contributed by atoms with Crippen LogP contribution >= 0.6 is 0 Å². The number of para-hydroxylation sites is 2. The molecule has 0 saturated heterocycles. The third-order valence-electron chi connectivity index (χ3n) is 5.94. The van der Waals surface area contributed by atoms with Crippen molar-refractivity contribution in [3.63, 3.8) is 0 Å². The molecule has 1 fully saturated rings. The van der Waals surface area contributed by atoms with Gasteiger partial charge in [-0.15, -0.1) is 0 Å². The van der Waals surface area contributed by atoms with Gasteiger partial charge in [0.2, 0.25) is 5.91 Å². The number of anilines is 1. The Morgan fingerprint density at radius 2 is 1.70 bits per heavy atom. The maximum atomic E-state index is 13.7. The van der Waals surface area contributed by atoms with Gasteiger partial charge in [0.25, 0.3) is 5.91 Å². The predicted molar refractivity (Wildman–Crippen MR) is 125 cm³/mol. The van der Waals surface area contributed by atoms with Crippen molar-refractivity contribution in [1.82, 2.24) is 5.32 Å². The molecule has 2 aromatic carbocycles. The van der Waals surface area contributed by atoms with Crippen LogP contribution in [-0.2, 0) is 4.79 Å². The Morgan fingerprint density at radius 3 is 2.33 bits per heavy atom. The van der Waals surface area contributed by atoms with E-state index in [0.717, 1.165) is 25.7 Å². The molecule has 2 amide bonds. The van der Waals surface area contributed by atoms with Gasteiger partial charge >= 0.3 is 0 Å². The molecule has 1 saturated carbocycles. The fourth-order valence-corrected chi connectivity index (χ4v) is 4.27. The normalized spacial score (nSPS) is 14.5. The maximum absolute atomic E-state index is 13.7. The van der Waals surface area contributed by atoms with E-state index >= 15 is 0 Å². The van der Waals surface area contributed by atoms with Crippen LogP contribution in [0.25, 0.3) is 0 Å². The molecule has 1 N–H and O–H groups in total. The lowest BCUT2D eigenvalue weighted by Crippen LogP contribution is -2.46. The van der Waals surface area contributed by atoms with Crippen LogP contribution in [0.4, 0.5) is 5.69 Å². The van der Waals surface area contributed by atoms with Gasteiger partial charge in [-0.25, -0.2) is 0 Å². The number of benzene rings is 2. The number of nitrogens with zero attached hydrogens (tertiary/aromatic N) is 1. The summed E-state index contributed by atoms with van der Waals surface area (Å²) in [7, 11) is 3.12. The van der Waals surface area contributed by atoms with Gasteiger partial charge in [-0.3, -0.25) is 14.5 Å². The second-order valence-electron chi connectivity index (χ2n) is 7.99. The van der Waals surface area contributed by atoms with E-state index in [2.05, 4.69) is 5.32 Å². The molecular formula is C26H28N2O5. The summed E-state index contributed by atoms with van der Waals surface area (Å²) in [5.41, 5.74) is 1.13. The van der Waals surface area contributed by atoms with Crippen molar-refractivity contribution in [1.29, 1.82) is 0 Å². The number of amides is 2. The molecule has 1 aliphatic rings. The topological polar surface area (TPSA) is 81.0 Å². The van der Waals surface area contributed by atoms with Crippen molar-refractivity contribution in [3.8, 4) is 11.5 Å². The van der Waals surface area contributed by atoms with E-state index in [4.69, 9.17) is 13.9 Å². The average molecular weight is 449 g/mol. The Bertz CT molecular complexity index is 1070. The summed E-state index contributed by atoms with van der Waals surface area (Å²) < 4.78 is 16.3. The molecule has 4 rings (SSSR count). The Kier molecular flexibility index (Phi) is 6.98. The Hall–Kier alpha value is -3.74. The van der Waals surface area contributed by atoms with Gasteiger partial charge in [-0.05, 0) is 54.8 Å². The van der Waals surface area contributed by atoms with Gasteiger partial charge in [-0.2, -0.15) is 0 Å². The van der Waals surface area contributed by atoms with E-state index in [1.807, 2.05) is 6.07 Å². The predicted octanol–water partition coefficient (Wildman–Crippen LogP) is 4.74. The van der Waals surface area contributed by atoms with Crippen LogP contribution in [0.15, 0.2) is 71.3 Å². The van der Waals surface area contributed by atoms with E-state index in [0.29, 0.717) is 22.7 Å². The molecule has 7 nitrogen and oxygen atoms in total. The smallest absolute Gasteiger partial charge is 0.295 e. The van der Waals surface area contributed by atoms with E-state index in [1.54, 1.807) is 61.7 Å². The summed E-state index contributed by atoms with van der Waals surface area (Å²) in [5, 5.41) is 3.16. The first-order valence-corrected chi connectivity index (χ1v) is 11.1. The number of carbonyl (C=O) groups excluding carboxylic acids is 2. The number of methoxy groups -OCH3 is 2. The van der Waals surface area contributed by atoms with Crippen molar-refractivity contribution in [2.75, 3.05) is 19.1 Å². The van der Waals surface area contributed by atoms with Crippen LogP contribution in [0.1, 0.15) is 47.8 Å². The fraction of sp³-hybridized carbons (Fsp3) is 0.308. The highest BCUT2D eigenvalue weighted by molar-refractivity contribution is 6.09. The van der Waals surface area contributed by atoms with Crippen LogP contribution in [0.5, 0.6) is 11.5 Å². The molecule has 1 aliphatic carbocycles. The second kappa shape index (κ2) is 10.3. The number of nitrogens with one attached hydrogen (secondary N) is 1. The molecule has 0 spiro atoms. The SMILES string of the molecule is COc1ccc([C@@H](C(=O)NC2CCCC2)N(C(=O)c2ccco2)c2ccccc2OC)cc1. The molecular weight excluding hydrogens is 420 g/mol. The molecule has 7 heteroatoms. The minimum absolute atomic E-state index is 0.0940. The third-order valence-corrected chi connectivity index (χ3v) is 5.94. The molecule has 0 unspecified atom stereocenters. The van der Waals surface area contributed by atoms with E-state index in [-0.39, 0.29) is 17.7 Å². The second-order valence-corrected chi connectivity index (χ2v) is 7.99. The highest BCUT2D eigenvalue weighted by atomic mass is 16.5. The lowest BCUT2D eigenvalue weighted by atomic mass is 10.0. The Labute approximate surface area is 193 Å². The van der Waals surface area contributed by atoms with E-state index < -0.39 is 11.9 Å². The summed E-state index contributed by atoms with van der Waals surface area (Å²) >= 11 is 0. The lowest BCUT2D eigenvalue weighted by Gasteiger charge is -2.32. The molecule has 1 aromatic heterocycles. The fourth-order valence-electron chi connectivity index (χ4n) is 4.27. The van der Waals surface area contributed by atoms with E-state index in [9.17, 15) is 9.59 Å². The van der Waals surface area contributed by atoms with Gasteiger partial charge in [0.15, 0.2) is 5.76 Å². The largest absolute Gasteiger partial charge is 0.497 e. The summed E-state index contributed by atoms with van der Waals surface area (Å²) in [6.45, 7) is 0. The molecule has 33 heavy (non-hydrogen) atoms. The minimum atomic E-state index is -0.939. The summed E-state index contributed by atoms with van der Waals surface area (Å²) in [6.07, 6.45) is 5.47. The molecule has 0 bridgehead atoms. The number of ether oxygens (including phenoxy) is 2. The Balaban J connectivity index is 1.83. The standard InChI is InChI=1S/C26H28N2O5/c1-31-20-15-13-18(14-16-20)24(25(29)27-19-8-3-4-9-19)28(26(30)23-12-7-17-33-23)21-10-5-6-11-22(21)32-2/h5-7,10-17,19,24H,3-4,8-9H2,1-2H3,(H,27,29)/t24-/m0/s1. The van der Waals surface area contributed by atoms with Gasteiger partial charge < -0.3 is 19.2 Å². The summed E-state index contributed by atoms with van der Waals surface area (Å²) in [4.78, 5) is 28.9. The number of hydrogen-bond donors (Lipinski definition) is 1. The van der Waals surface area contributed by atoms with Crippen LogP contribution < -0.4 is 19.7 Å². The van der Waals surface area contributed by atoms with Crippen molar-refractivity contribution >= 4 is 17.5 Å². The highest BCUT2D eigenvalue weighted by Gasteiger charge is 2.37. The van der Waals surface area contributed by atoms with E-state index in [1.165, 1.54) is 18.3 Å². The van der Waals surface area contributed by atoms with Crippen LogP contribution in [0, 0.1) is 0 Å². The van der Waals surface area contributed by atoms with Crippen molar-refractivity contribution in [2.24, 2.45) is 0 Å². The Morgan fingerprint density at radius 1 is 0.970 bits per heavy atom. The molecule has 3 aromatic rings. The number of rotatable bonds is 8. The molecule has 0 radical (unpaired) electrons. The van der Waals surface area contributed by atoms with Gasteiger partial charge in [0.1, 0.15) is 17.5 Å². The molecule has 1 heterocycles. The van der Waals surface area contributed by atoms with Gasteiger partial charge in [0, 0.05) is 6.04 Å². The zero-order valence-corrected chi connectivity index (χ0v) is 18.8. The number of furan rings is 1. The van der Waals surface area contributed by atoms with Crippen LogP contribution in [-0.4, -0.2) is 32.1 Å². The van der Waals surface area contributed by atoms with Gasteiger partial charge in [0.05, 0.1) is 26.2 Å². The number of carbonyl (C=O) groups is 2. The monoisotopic (exact) mass is 448 g/mol. The third kappa shape index (κ3) is 4.87. The lowest BCUT2D eigenvalue weighted by molar-refractivity contribution is -0.123. The highest BCUT2D eigenvalue weighted by Crippen LogP contribution is 2.37. The summed E-state index contributed by atoms with van der Waals surface area (Å²) in [6, 6.07) is 16.7. The quantitative estimate of drug-likeness (QED) is 0.538. The van der Waals surface area contributed by atoms with Crippen molar-refractivity contribution in [3.05, 3.63) is 78.3 Å². The van der Waals surface area contributed by atoms with Crippen molar-refractivity contribution in [2.45, 2.75) is 37.8 Å².